The lowest BCUT2D eigenvalue weighted by molar-refractivity contribution is -0.136. The zero-order valence-electron chi connectivity index (χ0n) is 11.1. The Hall–Kier alpha value is -0.770. The summed E-state index contributed by atoms with van der Waals surface area (Å²) in [7, 11) is 0. The number of benzene rings is 1. The normalized spacial score (nSPS) is 28.8. The van der Waals surface area contributed by atoms with Gasteiger partial charge in [-0.25, -0.2) is 0 Å². The number of carbonyl (C=O) groups is 1. The lowest BCUT2D eigenvalue weighted by Gasteiger charge is -2.37. The van der Waals surface area contributed by atoms with Gasteiger partial charge in [0.15, 0.2) is 0 Å². The predicted octanol–water partition coefficient (Wildman–Crippen LogP) is 3.05. The molecule has 1 aromatic carbocycles. The number of carbonyl (C=O) groups excluding carboxylic acids is 1. The van der Waals surface area contributed by atoms with Gasteiger partial charge in [0.1, 0.15) is 0 Å². The SMILES string of the molecule is O=C(Cc1c(Cl)cccc1Cl)N1C2CCC1CC(O)C2. The van der Waals surface area contributed by atoms with Crippen LogP contribution in [-0.2, 0) is 11.2 Å². The van der Waals surface area contributed by atoms with Gasteiger partial charge >= 0.3 is 0 Å². The quantitative estimate of drug-likeness (QED) is 0.911. The van der Waals surface area contributed by atoms with Crippen molar-refractivity contribution in [3.63, 3.8) is 0 Å². The van der Waals surface area contributed by atoms with Gasteiger partial charge in [-0.1, -0.05) is 29.3 Å². The first-order valence-electron chi connectivity index (χ1n) is 6.98. The topological polar surface area (TPSA) is 40.5 Å². The summed E-state index contributed by atoms with van der Waals surface area (Å²) in [5.74, 6) is 0.0689. The third-order valence-electron chi connectivity index (χ3n) is 4.39. The first kappa shape index (κ1) is 14.2. The molecule has 0 spiro atoms. The molecule has 0 aliphatic carbocycles. The van der Waals surface area contributed by atoms with Gasteiger partial charge in [0.25, 0.3) is 0 Å². The van der Waals surface area contributed by atoms with E-state index in [1.165, 1.54) is 0 Å². The molecule has 1 aromatic rings. The van der Waals surface area contributed by atoms with Crippen LogP contribution in [-0.4, -0.2) is 34.1 Å². The summed E-state index contributed by atoms with van der Waals surface area (Å²) in [6, 6.07) is 5.64. The largest absolute Gasteiger partial charge is 0.393 e. The van der Waals surface area contributed by atoms with Crippen molar-refractivity contribution in [2.45, 2.75) is 50.3 Å². The van der Waals surface area contributed by atoms with E-state index in [0.29, 0.717) is 28.5 Å². The highest BCUT2D eigenvalue weighted by Gasteiger charge is 2.42. The first-order chi connectivity index (χ1) is 9.56. The van der Waals surface area contributed by atoms with E-state index in [-0.39, 0.29) is 30.5 Å². The van der Waals surface area contributed by atoms with Gasteiger partial charge in [-0.3, -0.25) is 4.79 Å². The molecule has 2 saturated heterocycles. The molecule has 20 heavy (non-hydrogen) atoms. The Balaban J connectivity index is 1.77. The van der Waals surface area contributed by atoms with E-state index in [1.807, 2.05) is 4.90 Å². The van der Waals surface area contributed by atoms with Gasteiger partial charge in [-0.05, 0) is 43.4 Å². The van der Waals surface area contributed by atoms with E-state index >= 15 is 0 Å². The summed E-state index contributed by atoms with van der Waals surface area (Å²) < 4.78 is 0. The number of piperidine rings is 1. The lowest BCUT2D eigenvalue weighted by atomic mass is 9.99. The fourth-order valence-electron chi connectivity index (χ4n) is 3.50. The highest BCUT2D eigenvalue weighted by atomic mass is 35.5. The van der Waals surface area contributed by atoms with Crippen molar-refractivity contribution in [2.24, 2.45) is 0 Å². The number of nitrogens with zero attached hydrogens (tertiary/aromatic N) is 1. The molecule has 5 heteroatoms. The molecule has 2 bridgehead atoms. The fraction of sp³-hybridized carbons (Fsp3) is 0.533. The van der Waals surface area contributed by atoms with E-state index < -0.39 is 0 Å². The Morgan fingerprint density at radius 2 is 1.75 bits per heavy atom. The van der Waals surface area contributed by atoms with Gasteiger partial charge < -0.3 is 10.0 Å². The summed E-state index contributed by atoms with van der Waals surface area (Å²) in [4.78, 5) is 14.5. The number of fused-ring (bicyclic) bond motifs is 2. The van der Waals surface area contributed by atoms with Gasteiger partial charge in [-0.15, -0.1) is 0 Å². The summed E-state index contributed by atoms with van der Waals surface area (Å²) in [6.07, 6.45) is 3.34. The van der Waals surface area contributed by atoms with Crippen LogP contribution in [0.2, 0.25) is 10.0 Å². The van der Waals surface area contributed by atoms with Crippen LogP contribution in [0.3, 0.4) is 0 Å². The minimum atomic E-state index is -0.263. The van der Waals surface area contributed by atoms with E-state index in [4.69, 9.17) is 23.2 Å². The maximum Gasteiger partial charge on any atom is 0.227 e. The Morgan fingerprint density at radius 3 is 2.30 bits per heavy atom. The Labute approximate surface area is 128 Å². The minimum absolute atomic E-state index is 0.0689. The molecule has 3 nitrogen and oxygen atoms in total. The van der Waals surface area contributed by atoms with Crippen LogP contribution in [0.5, 0.6) is 0 Å². The summed E-state index contributed by atoms with van der Waals surface area (Å²) in [5.41, 5.74) is 0.700. The van der Waals surface area contributed by atoms with Crippen LogP contribution in [0.1, 0.15) is 31.2 Å². The highest BCUT2D eigenvalue weighted by Crippen LogP contribution is 2.36. The molecule has 2 fully saturated rings. The third kappa shape index (κ3) is 2.54. The van der Waals surface area contributed by atoms with Crippen LogP contribution in [0.4, 0.5) is 0 Å². The lowest BCUT2D eigenvalue weighted by Crippen LogP contribution is -2.48. The molecule has 1 N–H and O–H groups in total. The van der Waals surface area contributed by atoms with Crippen molar-refractivity contribution < 1.29 is 9.90 Å². The zero-order chi connectivity index (χ0) is 14.3. The molecule has 2 heterocycles. The molecule has 0 aromatic heterocycles. The van der Waals surface area contributed by atoms with Crippen molar-refractivity contribution in [3.8, 4) is 0 Å². The van der Waals surface area contributed by atoms with E-state index in [9.17, 15) is 9.90 Å². The Morgan fingerprint density at radius 1 is 1.20 bits per heavy atom. The number of hydrogen-bond acceptors (Lipinski definition) is 2. The maximum atomic E-state index is 12.6. The molecule has 3 rings (SSSR count). The molecule has 2 aliphatic heterocycles. The molecular formula is C15H17Cl2NO2. The molecule has 1 amide bonds. The number of aliphatic hydroxyl groups excluding tert-OH is 1. The van der Waals surface area contributed by atoms with Gasteiger partial charge in [0.05, 0.1) is 12.5 Å². The van der Waals surface area contributed by atoms with E-state index in [0.717, 1.165) is 12.8 Å². The molecule has 2 atom stereocenters. The average molecular weight is 314 g/mol. The third-order valence-corrected chi connectivity index (χ3v) is 5.09. The average Bonchev–Trinajstić information content (AvgIpc) is 2.66. The Bertz CT molecular complexity index is 500. The molecule has 0 saturated carbocycles. The van der Waals surface area contributed by atoms with Crippen LogP contribution in [0.25, 0.3) is 0 Å². The van der Waals surface area contributed by atoms with Crippen molar-refractivity contribution in [2.75, 3.05) is 0 Å². The van der Waals surface area contributed by atoms with Crippen LogP contribution in [0.15, 0.2) is 18.2 Å². The van der Waals surface area contributed by atoms with Crippen LogP contribution < -0.4 is 0 Å². The van der Waals surface area contributed by atoms with Crippen molar-refractivity contribution >= 4 is 29.1 Å². The molecule has 0 radical (unpaired) electrons. The second-order valence-corrected chi connectivity index (χ2v) is 6.50. The van der Waals surface area contributed by atoms with Crippen molar-refractivity contribution in [1.82, 2.24) is 4.90 Å². The summed E-state index contributed by atoms with van der Waals surface area (Å²) >= 11 is 12.3. The minimum Gasteiger partial charge on any atom is -0.393 e. The van der Waals surface area contributed by atoms with E-state index in [1.54, 1.807) is 18.2 Å². The first-order valence-corrected chi connectivity index (χ1v) is 7.74. The van der Waals surface area contributed by atoms with Crippen molar-refractivity contribution in [1.29, 1.82) is 0 Å². The van der Waals surface area contributed by atoms with Gasteiger partial charge in [0, 0.05) is 22.1 Å². The molecule has 108 valence electrons. The number of halogens is 2. The van der Waals surface area contributed by atoms with Gasteiger partial charge in [0.2, 0.25) is 5.91 Å². The number of aliphatic hydroxyl groups is 1. The van der Waals surface area contributed by atoms with Crippen LogP contribution in [0, 0.1) is 0 Å². The highest BCUT2D eigenvalue weighted by molar-refractivity contribution is 6.36. The number of hydrogen-bond donors (Lipinski definition) is 1. The number of rotatable bonds is 2. The molecule has 2 aliphatic rings. The fourth-order valence-corrected chi connectivity index (χ4v) is 4.03. The smallest absolute Gasteiger partial charge is 0.227 e. The van der Waals surface area contributed by atoms with Crippen molar-refractivity contribution in [3.05, 3.63) is 33.8 Å². The standard InChI is InChI=1S/C15H17Cl2NO2/c16-13-2-1-3-14(17)12(13)8-15(20)18-9-4-5-10(18)7-11(19)6-9/h1-3,9-11,19H,4-8H2. The zero-order valence-corrected chi connectivity index (χ0v) is 12.6. The monoisotopic (exact) mass is 313 g/mol. The second-order valence-electron chi connectivity index (χ2n) is 5.69. The molecule has 2 unspecified atom stereocenters. The summed E-state index contributed by atoms with van der Waals surface area (Å²) in [5, 5.41) is 10.9. The second kappa shape index (κ2) is 5.55. The van der Waals surface area contributed by atoms with Crippen LogP contribution >= 0.6 is 23.2 Å². The summed E-state index contributed by atoms with van der Waals surface area (Å²) in [6.45, 7) is 0. The molecular weight excluding hydrogens is 297 g/mol. The maximum absolute atomic E-state index is 12.6. The Kier molecular flexibility index (Phi) is 3.93. The predicted molar refractivity (Wildman–Crippen MR) is 79.1 cm³/mol. The number of amides is 1. The van der Waals surface area contributed by atoms with E-state index in [2.05, 4.69) is 0 Å². The van der Waals surface area contributed by atoms with Gasteiger partial charge in [-0.2, -0.15) is 0 Å².